The zero-order valence-corrected chi connectivity index (χ0v) is 9.74. The smallest absolute Gasteiger partial charge is 0.220 e. The van der Waals surface area contributed by atoms with Crippen molar-refractivity contribution in [1.29, 1.82) is 0 Å². The Bertz CT molecular complexity index is 377. The second-order valence-electron chi connectivity index (χ2n) is 4.33. The summed E-state index contributed by atoms with van der Waals surface area (Å²) < 4.78 is 0. The predicted molar refractivity (Wildman–Crippen MR) is 63.9 cm³/mol. The highest BCUT2D eigenvalue weighted by Gasteiger charge is 2.19. The Morgan fingerprint density at radius 1 is 1.38 bits per heavy atom. The van der Waals surface area contributed by atoms with E-state index in [0.29, 0.717) is 12.5 Å². The summed E-state index contributed by atoms with van der Waals surface area (Å²) in [6.45, 7) is 2.66. The molecule has 0 unspecified atom stereocenters. The highest BCUT2D eigenvalue weighted by atomic mass is 15.1. The molecule has 0 fully saturated rings. The molecule has 0 radical (unpaired) electrons. The van der Waals surface area contributed by atoms with Crippen molar-refractivity contribution in [2.75, 3.05) is 25.9 Å². The van der Waals surface area contributed by atoms with E-state index >= 15 is 0 Å². The van der Waals surface area contributed by atoms with E-state index in [9.17, 15) is 0 Å². The van der Waals surface area contributed by atoms with Gasteiger partial charge in [0.2, 0.25) is 5.95 Å². The maximum absolute atomic E-state index is 5.72. The summed E-state index contributed by atoms with van der Waals surface area (Å²) in [7, 11) is 2.12. The van der Waals surface area contributed by atoms with Crippen molar-refractivity contribution in [2.45, 2.75) is 25.8 Å². The van der Waals surface area contributed by atoms with Crippen molar-refractivity contribution >= 4 is 5.95 Å². The largest absolute Gasteiger partial charge is 0.368 e. The molecule has 0 spiro atoms. The van der Waals surface area contributed by atoms with Crippen LogP contribution in [0.1, 0.15) is 23.4 Å². The minimum Gasteiger partial charge on any atom is -0.368 e. The van der Waals surface area contributed by atoms with Gasteiger partial charge in [-0.2, -0.15) is 0 Å². The number of fused-ring (bicyclic) bond motifs is 1. The second-order valence-corrected chi connectivity index (χ2v) is 4.33. The van der Waals surface area contributed by atoms with Gasteiger partial charge in [-0.1, -0.05) is 0 Å². The van der Waals surface area contributed by atoms with Crippen molar-refractivity contribution in [1.82, 2.24) is 14.9 Å². The molecule has 0 saturated carbocycles. The molecular weight excluding hydrogens is 202 g/mol. The number of hydrogen-bond donors (Lipinski definition) is 2. The normalized spacial score (nSPS) is 16.1. The van der Waals surface area contributed by atoms with Crippen molar-refractivity contribution in [2.24, 2.45) is 5.73 Å². The molecule has 0 amide bonds. The van der Waals surface area contributed by atoms with E-state index in [1.807, 2.05) is 0 Å². The zero-order chi connectivity index (χ0) is 11.5. The van der Waals surface area contributed by atoms with E-state index in [1.54, 1.807) is 0 Å². The number of aromatic nitrogens is 2. The molecule has 4 N–H and O–H groups in total. The van der Waals surface area contributed by atoms with E-state index in [0.717, 1.165) is 43.7 Å². The molecule has 0 bridgehead atoms. The molecule has 2 rings (SSSR count). The lowest BCUT2D eigenvalue weighted by Crippen LogP contribution is -2.29. The first kappa shape index (κ1) is 11.3. The first-order valence-corrected chi connectivity index (χ1v) is 5.73. The fourth-order valence-corrected chi connectivity index (χ4v) is 2.11. The van der Waals surface area contributed by atoms with E-state index in [4.69, 9.17) is 11.5 Å². The summed E-state index contributed by atoms with van der Waals surface area (Å²) in [5.41, 5.74) is 14.7. The standard InChI is InChI=1S/C11H19N5/c1-16-6-4-10-8(7-16)9(3-2-5-12)14-11(13)15-10/h2-7,12H2,1H3,(H2,13,14,15). The Morgan fingerprint density at radius 2 is 2.19 bits per heavy atom. The second kappa shape index (κ2) is 4.76. The number of nitrogens with zero attached hydrogens (tertiary/aromatic N) is 3. The van der Waals surface area contributed by atoms with Gasteiger partial charge in [-0.25, -0.2) is 9.97 Å². The molecule has 1 aromatic heterocycles. The molecule has 2 heterocycles. The lowest BCUT2D eigenvalue weighted by atomic mass is 10.0. The molecule has 88 valence electrons. The SMILES string of the molecule is CN1CCc2nc(N)nc(CCCN)c2C1. The van der Waals surface area contributed by atoms with E-state index in [1.165, 1.54) is 5.56 Å². The molecule has 1 aliphatic rings. The number of aryl methyl sites for hydroxylation is 1. The van der Waals surface area contributed by atoms with Gasteiger partial charge in [0.1, 0.15) is 0 Å². The van der Waals surface area contributed by atoms with Crippen LogP contribution in [0.4, 0.5) is 5.95 Å². The Hall–Kier alpha value is -1.20. The first-order chi connectivity index (χ1) is 7.70. The Labute approximate surface area is 95.9 Å². The number of nitrogens with two attached hydrogens (primary N) is 2. The lowest BCUT2D eigenvalue weighted by molar-refractivity contribution is 0.307. The highest BCUT2D eigenvalue weighted by Crippen LogP contribution is 2.20. The van der Waals surface area contributed by atoms with Crippen LogP contribution in [0, 0.1) is 0 Å². The third kappa shape index (κ3) is 2.31. The molecule has 1 aromatic rings. The maximum atomic E-state index is 5.72. The van der Waals surface area contributed by atoms with Crippen LogP contribution in [0.15, 0.2) is 0 Å². The molecule has 5 nitrogen and oxygen atoms in total. The van der Waals surface area contributed by atoms with Gasteiger partial charge in [0, 0.05) is 25.1 Å². The summed E-state index contributed by atoms with van der Waals surface area (Å²) in [5.74, 6) is 0.398. The minimum atomic E-state index is 0.398. The lowest BCUT2D eigenvalue weighted by Gasteiger charge is -2.25. The van der Waals surface area contributed by atoms with Crippen molar-refractivity contribution in [3.8, 4) is 0 Å². The molecule has 16 heavy (non-hydrogen) atoms. The van der Waals surface area contributed by atoms with Gasteiger partial charge in [0.15, 0.2) is 0 Å². The monoisotopic (exact) mass is 221 g/mol. The molecule has 5 heteroatoms. The average Bonchev–Trinajstić information content (AvgIpc) is 2.26. The summed E-state index contributed by atoms with van der Waals surface area (Å²) >= 11 is 0. The van der Waals surface area contributed by atoms with Gasteiger partial charge in [0.05, 0.1) is 11.4 Å². The van der Waals surface area contributed by atoms with Crippen LogP contribution in [-0.4, -0.2) is 35.0 Å². The van der Waals surface area contributed by atoms with Gasteiger partial charge in [-0.05, 0) is 26.4 Å². The van der Waals surface area contributed by atoms with Crippen LogP contribution in [0.25, 0.3) is 0 Å². The summed E-state index contributed by atoms with van der Waals surface area (Å²) in [5, 5.41) is 0. The van der Waals surface area contributed by atoms with Gasteiger partial charge < -0.3 is 16.4 Å². The Balaban J connectivity index is 2.31. The first-order valence-electron chi connectivity index (χ1n) is 5.73. The third-order valence-corrected chi connectivity index (χ3v) is 2.97. The van der Waals surface area contributed by atoms with Crippen molar-refractivity contribution < 1.29 is 0 Å². The molecule has 0 aliphatic carbocycles. The molecular formula is C11H19N5. The van der Waals surface area contributed by atoms with Crippen LogP contribution < -0.4 is 11.5 Å². The number of anilines is 1. The van der Waals surface area contributed by atoms with Crippen molar-refractivity contribution in [3.63, 3.8) is 0 Å². The van der Waals surface area contributed by atoms with Gasteiger partial charge in [-0.3, -0.25) is 0 Å². The summed E-state index contributed by atoms with van der Waals surface area (Å²) in [6, 6.07) is 0. The van der Waals surface area contributed by atoms with Gasteiger partial charge in [0.25, 0.3) is 0 Å². The van der Waals surface area contributed by atoms with Crippen molar-refractivity contribution in [3.05, 3.63) is 17.0 Å². The minimum absolute atomic E-state index is 0.398. The van der Waals surface area contributed by atoms with E-state index in [2.05, 4.69) is 21.9 Å². The number of nitrogen functional groups attached to an aromatic ring is 1. The molecule has 1 aliphatic heterocycles. The summed E-state index contributed by atoms with van der Waals surface area (Å²) in [6.07, 6.45) is 2.82. The fourth-order valence-electron chi connectivity index (χ4n) is 2.11. The Morgan fingerprint density at radius 3 is 2.94 bits per heavy atom. The van der Waals surface area contributed by atoms with Crippen LogP contribution in [0.3, 0.4) is 0 Å². The topological polar surface area (TPSA) is 81.1 Å². The molecule has 0 aromatic carbocycles. The average molecular weight is 221 g/mol. The quantitative estimate of drug-likeness (QED) is 0.747. The zero-order valence-electron chi connectivity index (χ0n) is 9.74. The van der Waals surface area contributed by atoms with Gasteiger partial charge >= 0.3 is 0 Å². The van der Waals surface area contributed by atoms with E-state index in [-0.39, 0.29) is 0 Å². The highest BCUT2D eigenvalue weighted by molar-refractivity contribution is 5.33. The predicted octanol–water partition coefficient (Wildman–Crippen LogP) is -0.0620. The molecule has 0 saturated heterocycles. The number of rotatable bonds is 3. The van der Waals surface area contributed by atoms with E-state index < -0.39 is 0 Å². The Kier molecular flexibility index (Phi) is 3.36. The summed E-state index contributed by atoms with van der Waals surface area (Å²) in [4.78, 5) is 11.0. The van der Waals surface area contributed by atoms with Crippen LogP contribution in [-0.2, 0) is 19.4 Å². The number of hydrogen-bond acceptors (Lipinski definition) is 5. The third-order valence-electron chi connectivity index (χ3n) is 2.97. The fraction of sp³-hybridized carbons (Fsp3) is 0.636. The van der Waals surface area contributed by atoms with Crippen LogP contribution in [0.2, 0.25) is 0 Å². The molecule has 0 atom stereocenters. The van der Waals surface area contributed by atoms with Gasteiger partial charge in [-0.15, -0.1) is 0 Å². The number of likely N-dealkylation sites (N-methyl/N-ethyl adjacent to an activating group) is 1. The maximum Gasteiger partial charge on any atom is 0.220 e. The van der Waals surface area contributed by atoms with Crippen LogP contribution >= 0.6 is 0 Å². The van der Waals surface area contributed by atoms with Crippen LogP contribution in [0.5, 0.6) is 0 Å².